The molecular weight excluding hydrogens is 346 g/mol. The number of hydrogen-bond donors (Lipinski definition) is 0. The molecular formula is C17H12BrNO3. The van der Waals surface area contributed by atoms with E-state index in [1.165, 1.54) is 0 Å². The minimum Gasteiger partial charge on any atom is -0.497 e. The van der Waals surface area contributed by atoms with Crippen LogP contribution in [-0.2, 0) is 9.53 Å². The number of ether oxygens (including phenoxy) is 2. The van der Waals surface area contributed by atoms with Crippen LogP contribution in [0.25, 0.3) is 6.08 Å². The highest BCUT2D eigenvalue weighted by Crippen LogP contribution is 2.22. The Hall–Kier alpha value is -2.40. The molecule has 0 aromatic heterocycles. The summed E-state index contributed by atoms with van der Waals surface area (Å²) in [6, 6.07) is 14.8. The number of carbonyl (C=O) groups is 1. The molecule has 0 fully saturated rings. The molecule has 0 amide bonds. The minimum atomic E-state index is -0.458. The molecule has 0 radical (unpaired) electrons. The summed E-state index contributed by atoms with van der Waals surface area (Å²) in [5, 5.41) is 0. The summed E-state index contributed by atoms with van der Waals surface area (Å²) in [5.74, 6) is 0.574. The van der Waals surface area contributed by atoms with Crippen molar-refractivity contribution in [2.45, 2.75) is 0 Å². The van der Waals surface area contributed by atoms with Crippen LogP contribution in [0.3, 0.4) is 0 Å². The van der Waals surface area contributed by atoms with Crippen LogP contribution in [0.5, 0.6) is 5.75 Å². The molecule has 1 heterocycles. The Labute approximate surface area is 136 Å². The number of rotatable bonds is 3. The highest BCUT2D eigenvalue weighted by Gasteiger charge is 2.24. The van der Waals surface area contributed by atoms with Gasteiger partial charge >= 0.3 is 5.97 Å². The zero-order chi connectivity index (χ0) is 15.5. The van der Waals surface area contributed by atoms with Gasteiger partial charge in [-0.15, -0.1) is 0 Å². The zero-order valence-corrected chi connectivity index (χ0v) is 13.3. The highest BCUT2D eigenvalue weighted by atomic mass is 79.9. The first kappa shape index (κ1) is 14.5. The van der Waals surface area contributed by atoms with Gasteiger partial charge < -0.3 is 9.47 Å². The van der Waals surface area contributed by atoms with Gasteiger partial charge in [-0.3, -0.25) is 0 Å². The van der Waals surface area contributed by atoms with Gasteiger partial charge in [0, 0.05) is 10.0 Å². The fraction of sp³-hybridized carbons (Fsp3) is 0.0588. The van der Waals surface area contributed by atoms with Crippen molar-refractivity contribution in [1.82, 2.24) is 0 Å². The van der Waals surface area contributed by atoms with Crippen molar-refractivity contribution >= 4 is 33.9 Å². The Morgan fingerprint density at radius 1 is 1.18 bits per heavy atom. The van der Waals surface area contributed by atoms with Crippen LogP contribution in [-0.4, -0.2) is 19.0 Å². The Bertz CT molecular complexity index is 779. The number of cyclic esters (lactones) is 1. The van der Waals surface area contributed by atoms with E-state index in [1.54, 1.807) is 13.2 Å². The highest BCUT2D eigenvalue weighted by molar-refractivity contribution is 9.10. The number of halogens is 1. The number of methoxy groups -OCH3 is 1. The smallest absolute Gasteiger partial charge is 0.363 e. The number of benzene rings is 2. The van der Waals surface area contributed by atoms with E-state index in [0.717, 1.165) is 21.3 Å². The number of nitrogens with zero attached hydrogens (tertiary/aromatic N) is 1. The number of hydrogen-bond acceptors (Lipinski definition) is 4. The number of aliphatic imine (C=N–C) groups is 1. The summed E-state index contributed by atoms with van der Waals surface area (Å²) < 4.78 is 11.3. The average molecular weight is 358 g/mol. The lowest BCUT2D eigenvalue weighted by molar-refractivity contribution is -0.129. The van der Waals surface area contributed by atoms with Crippen molar-refractivity contribution in [1.29, 1.82) is 0 Å². The van der Waals surface area contributed by atoms with Crippen molar-refractivity contribution in [3.63, 3.8) is 0 Å². The molecule has 110 valence electrons. The molecule has 0 atom stereocenters. The van der Waals surface area contributed by atoms with E-state index >= 15 is 0 Å². The van der Waals surface area contributed by atoms with Crippen molar-refractivity contribution in [3.05, 3.63) is 69.8 Å². The molecule has 22 heavy (non-hydrogen) atoms. The normalized spacial score (nSPS) is 15.6. The van der Waals surface area contributed by atoms with Gasteiger partial charge in [0.25, 0.3) is 0 Å². The Balaban J connectivity index is 1.92. The third-order valence-electron chi connectivity index (χ3n) is 3.11. The summed E-state index contributed by atoms with van der Waals surface area (Å²) in [6.07, 6.45) is 1.68. The van der Waals surface area contributed by atoms with Crippen LogP contribution in [0, 0.1) is 0 Å². The topological polar surface area (TPSA) is 47.9 Å². The van der Waals surface area contributed by atoms with Gasteiger partial charge in [0.2, 0.25) is 5.90 Å². The van der Waals surface area contributed by atoms with Crippen LogP contribution in [0.1, 0.15) is 11.1 Å². The fourth-order valence-corrected chi connectivity index (χ4v) is 2.28. The van der Waals surface area contributed by atoms with E-state index in [1.807, 2.05) is 48.5 Å². The van der Waals surface area contributed by atoms with Crippen LogP contribution in [0.2, 0.25) is 0 Å². The number of carbonyl (C=O) groups excluding carboxylic acids is 1. The average Bonchev–Trinajstić information content (AvgIpc) is 2.89. The van der Waals surface area contributed by atoms with Crippen LogP contribution < -0.4 is 4.74 Å². The van der Waals surface area contributed by atoms with Crippen LogP contribution >= 0.6 is 15.9 Å². The van der Waals surface area contributed by atoms with E-state index in [-0.39, 0.29) is 5.70 Å². The Kier molecular flexibility index (Phi) is 4.06. The summed E-state index contributed by atoms with van der Waals surface area (Å²) >= 11 is 3.36. The second kappa shape index (κ2) is 6.15. The van der Waals surface area contributed by atoms with Gasteiger partial charge in [0.05, 0.1) is 7.11 Å². The van der Waals surface area contributed by atoms with Gasteiger partial charge in [-0.05, 0) is 48.0 Å². The lowest BCUT2D eigenvalue weighted by atomic mass is 10.2. The van der Waals surface area contributed by atoms with Crippen molar-refractivity contribution < 1.29 is 14.3 Å². The molecule has 5 heteroatoms. The van der Waals surface area contributed by atoms with E-state index in [4.69, 9.17) is 9.47 Å². The maximum absolute atomic E-state index is 11.9. The largest absolute Gasteiger partial charge is 0.497 e. The van der Waals surface area contributed by atoms with Crippen molar-refractivity contribution in [2.24, 2.45) is 4.99 Å². The maximum atomic E-state index is 11.9. The second-order valence-electron chi connectivity index (χ2n) is 4.62. The molecule has 0 N–H and O–H groups in total. The van der Waals surface area contributed by atoms with E-state index in [0.29, 0.717) is 5.90 Å². The fourth-order valence-electron chi connectivity index (χ4n) is 2.01. The SMILES string of the molecule is COc1cccc(/C=C2/N=C(c3ccc(Br)cc3)OC2=O)c1. The first-order valence-electron chi connectivity index (χ1n) is 6.58. The summed E-state index contributed by atoms with van der Waals surface area (Å²) in [5.41, 5.74) is 1.85. The van der Waals surface area contributed by atoms with Crippen molar-refractivity contribution in [3.8, 4) is 5.75 Å². The minimum absolute atomic E-state index is 0.270. The second-order valence-corrected chi connectivity index (χ2v) is 5.54. The van der Waals surface area contributed by atoms with Crippen molar-refractivity contribution in [2.75, 3.05) is 7.11 Å². The van der Waals surface area contributed by atoms with Crippen LogP contribution in [0.4, 0.5) is 0 Å². The van der Waals surface area contributed by atoms with Crippen LogP contribution in [0.15, 0.2) is 63.7 Å². The molecule has 0 unspecified atom stereocenters. The quantitative estimate of drug-likeness (QED) is 0.619. The molecule has 0 aliphatic carbocycles. The third-order valence-corrected chi connectivity index (χ3v) is 3.64. The van der Waals surface area contributed by atoms with E-state index in [9.17, 15) is 4.79 Å². The first-order valence-corrected chi connectivity index (χ1v) is 7.37. The Morgan fingerprint density at radius 2 is 1.95 bits per heavy atom. The van der Waals surface area contributed by atoms with E-state index in [2.05, 4.69) is 20.9 Å². The lowest BCUT2D eigenvalue weighted by Gasteiger charge is -2.00. The maximum Gasteiger partial charge on any atom is 0.363 e. The summed E-state index contributed by atoms with van der Waals surface area (Å²) in [7, 11) is 1.60. The molecule has 2 aromatic rings. The van der Waals surface area contributed by atoms with Gasteiger partial charge in [-0.1, -0.05) is 28.1 Å². The summed E-state index contributed by atoms with van der Waals surface area (Å²) in [4.78, 5) is 16.2. The predicted octanol–water partition coefficient (Wildman–Crippen LogP) is 3.80. The van der Waals surface area contributed by atoms with Gasteiger partial charge in [-0.2, -0.15) is 0 Å². The lowest BCUT2D eigenvalue weighted by Crippen LogP contribution is -2.05. The molecule has 0 saturated carbocycles. The molecule has 2 aromatic carbocycles. The third kappa shape index (κ3) is 3.09. The Morgan fingerprint density at radius 3 is 2.68 bits per heavy atom. The van der Waals surface area contributed by atoms with E-state index < -0.39 is 5.97 Å². The standard InChI is InChI=1S/C17H12BrNO3/c1-21-14-4-2-3-11(9-14)10-15-17(20)22-16(19-15)12-5-7-13(18)8-6-12/h2-10H,1H3/b15-10+. The molecule has 3 rings (SSSR count). The van der Waals surface area contributed by atoms with Gasteiger partial charge in [-0.25, -0.2) is 9.79 Å². The molecule has 0 bridgehead atoms. The molecule has 4 nitrogen and oxygen atoms in total. The van der Waals surface area contributed by atoms with Gasteiger partial charge in [0.1, 0.15) is 5.75 Å². The molecule has 1 aliphatic rings. The first-order chi connectivity index (χ1) is 10.7. The monoisotopic (exact) mass is 357 g/mol. The number of esters is 1. The van der Waals surface area contributed by atoms with Gasteiger partial charge in [0.15, 0.2) is 5.70 Å². The summed E-state index contributed by atoms with van der Waals surface area (Å²) in [6.45, 7) is 0. The molecule has 0 saturated heterocycles. The molecule has 0 spiro atoms. The molecule has 1 aliphatic heterocycles. The predicted molar refractivity (Wildman–Crippen MR) is 87.7 cm³/mol. The zero-order valence-electron chi connectivity index (χ0n) is 11.7.